The highest BCUT2D eigenvalue weighted by molar-refractivity contribution is 6.05. The molecule has 8 heteroatoms. The van der Waals surface area contributed by atoms with E-state index in [1.807, 2.05) is 25.2 Å². The van der Waals surface area contributed by atoms with E-state index in [1.165, 1.54) is 16.5 Å². The Morgan fingerprint density at radius 1 is 1.09 bits per heavy atom. The molecule has 0 aliphatic carbocycles. The molecule has 7 nitrogen and oxygen atoms in total. The number of likely N-dealkylation sites (tertiary alicyclic amines) is 1. The quantitative estimate of drug-likeness (QED) is 0.665. The van der Waals surface area contributed by atoms with Gasteiger partial charge in [0, 0.05) is 37.8 Å². The second-order valence-corrected chi connectivity index (χ2v) is 9.39. The molecule has 2 saturated heterocycles. The predicted molar refractivity (Wildman–Crippen MR) is 126 cm³/mol. The van der Waals surface area contributed by atoms with Crippen molar-refractivity contribution < 1.29 is 18.8 Å². The van der Waals surface area contributed by atoms with E-state index in [4.69, 9.17) is 0 Å². The number of imide groups is 1. The summed E-state index contributed by atoms with van der Waals surface area (Å²) in [7, 11) is 1.92. The minimum atomic E-state index is -0.687. The Hall–Kier alpha value is -3.26. The summed E-state index contributed by atoms with van der Waals surface area (Å²) in [6.07, 6.45) is 2.20. The van der Waals surface area contributed by atoms with Crippen LogP contribution in [0.2, 0.25) is 0 Å². The fraction of sp³-hybridized carbons (Fsp3) is 0.423. The highest BCUT2D eigenvalue weighted by Gasteiger charge is 2.40. The molecule has 2 N–H and O–H groups in total. The average molecular weight is 465 g/mol. The van der Waals surface area contributed by atoms with Crippen molar-refractivity contribution in [3.05, 3.63) is 64.5 Å². The van der Waals surface area contributed by atoms with Gasteiger partial charge in [-0.2, -0.15) is 0 Å². The van der Waals surface area contributed by atoms with Crippen molar-refractivity contribution in [2.75, 3.05) is 25.5 Å². The van der Waals surface area contributed by atoms with Crippen molar-refractivity contribution in [2.24, 2.45) is 0 Å². The number of nitrogens with zero attached hydrogens (tertiary/aromatic N) is 2. The van der Waals surface area contributed by atoms with Crippen LogP contribution in [0.1, 0.15) is 58.6 Å². The van der Waals surface area contributed by atoms with Gasteiger partial charge >= 0.3 is 0 Å². The SMILES string of the molecule is CNc1ccccc1CN1CCC(c2cc3c(cc2F)C(=O)N(C2CCC(=O)NC2=O)C3)CC1. The first-order chi connectivity index (χ1) is 16.4. The van der Waals surface area contributed by atoms with Gasteiger partial charge in [0.2, 0.25) is 11.8 Å². The number of carbonyl (C=O) groups is 3. The molecule has 5 rings (SSSR count). The molecular weight excluding hydrogens is 435 g/mol. The van der Waals surface area contributed by atoms with Crippen LogP contribution in [0.4, 0.5) is 10.1 Å². The summed E-state index contributed by atoms with van der Waals surface area (Å²) >= 11 is 0. The fourth-order valence-corrected chi connectivity index (χ4v) is 5.47. The summed E-state index contributed by atoms with van der Waals surface area (Å²) in [5.74, 6) is -1.37. The number of hydrogen-bond donors (Lipinski definition) is 2. The number of para-hydroxylation sites is 1. The number of hydrogen-bond acceptors (Lipinski definition) is 5. The number of nitrogens with one attached hydrogen (secondary N) is 2. The van der Waals surface area contributed by atoms with Crippen LogP contribution in [-0.4, -0.2) is 53.7 Å². The molecule has 0 spiro atoms. The Labute approximate surface area is 198 Å². The van der Waals surface area contributed by atoms with Crippen molar-refractivity contribution in [1.82, 2.24) is 15.1 Å². The molecule has 3 aliphatic rings. The zero-order valence-electron chi connectivity index (χ0n) is 19.3. The van der Waals surface area contributed by atoms with Crippen LogP contribution in [0.15, 0.2) is 36.4 Å². The predicted octanol–water partition coefficient (Wildman–Crippen LogP) is 3.01. The van der Waals surface area contributed by atoms with Gasteiger partial charge in [0.25, 0.3) is 5.91 Å². The first-order valence-electron chi connectivity index (χ1n) is 11.9. The Kier molecular flexibility index (Phi) is 6.08. The van der Waals surface area contributed by atoms with Gasteiger partial charge in [-0.25, -0.2) is 4.39 Å². The van der Waals surface area contributed by atoms with E-state index in [2.05, 4.69) is 27.7 Å². The molecule has 2 aromatic carbocycles. The molecule has 2 fully saturated rings. The highest BCUT2D eigenvalue weighted by atomic mass is 19.1. The number of anilines is 1. The minimum absolute atomic E-state index is 0.0980. The van der Waals surface area contributed by atoms with Crippen LogP contribution >= 0.6 is 0 Å². The van der Waals surface area contributed by atoms with Gasteiger partial charge in [0.05, 0.1) is 0 Å². The van der Waals surface area contributed by atoms with Gasteiger partial charge in [-0.15, -0.1) is 0 Å². The summed E-state index contributed by atoms with van der Waals surface area (Å²) in [5, 5.41) is 5.54. The molecule has 3 amide bonds. The summed E-state index contributed by atoms with van der Waals surface area (Å²) < 4.78 is 15.1. The molecule has 34 heavy (non-hydrogen) atoms. The summed E-state index contributed by atoms with van der Waals surface area (Å²) in [6, 6.07) is 10.7. The Morgan fingerprint density at radius 3 is 2.59 bits per heavy atom. The second-order valence-electron chi connectivity index (χ2n) is 9.39. The lowest BCUT2D eigenvalue weighted by Gasteiger charge is -2.33. The van der Waals surface area contributed by atoms with Crippen molar-refractivity contribution >= 4 is 23.4 Å². The lowest BCUT2D eigenvalue weighted by atomic mass is 9.87. The summed E-state index contributed by atoms with van der Waals surface area (Å²) in [5.41, 5.74) is 4.12. The fourth-order valence-electron chi connectivity index (χ4n) is 5.47. The van der Waals surface area contributed by atoms with Crippen molar-refractivity contribution in [3.63, 3.8) is 0 Å². The molecule has 1 atom stereocenters. The van der Waals surface area contributed by atoms with Crippen LogP contribution < -0.4 is 10.6 Å². The molecule has 178 valence electrons. The molecule has 0 bridgehead atoms. The Balaban J connectivity index is 1.27. The molecule has 0 radical (unpaired) electrons. The molecule has 3 aliphatic heterocycles. The van der Waals surface area contributed by atoms with Crippen molar-refractivity contribution in [1.29, 1.82) is 0 Å². The van der Waals surface area contributed by atoms with Crippen LogP contribution in [0.25, 0.3) is 0 Å². The van der Waals surface area contributed by atoms with Gasteiger partial charge in [0.1, 0.15) is 11.9 Å². The lowest BCUT2D eigenvalue weighted by Crippen LogP contribution is -2.52. The third-order valence-electron chi connectivity index (χ3n) is 7.35. The Bertz CT molecular complexity index is 1140. The first-order valence-corrected chi connectivity index (χ1v) is 11.9. The van der Waals surface area contributed by atoms with E-state index in [-0.39, 0.29) is 36.5 Å². The van der Waals surface area contributed by atoms with E-state index in [9.17, 15) is 14.4 Å². The van der Waals surface area contributed by atoms with Crippen LogP contribution in [-0.2, 0) is 22.7 Å². The maximum Gasteiger partial charge on any atom is 0.255 e. The molecule has 3 heterocycles. The van der Waals surface area contributed by atoms with E-state index < -0.39 is 11.9 Å². The maximum atomic E-state index is 15.1. The minimum Gasteiger partial charge on any atom is -0.388 e. The number of benzene rings is 2. The smallest absolute Gasteiger partial charge is 0.255 e. The van der Waals surface area contributed by atoms with Crippen LogP contribution in [0.3, 0.4) is 0 Å². The summed E-state index contributed by atoms with van der Waals surface area (Å²) in [6.45, 7) is 2.88. The van der Waals surface area contributed by atoms with E-state index in [1.54, 1.807) is 0 Å². The largest absolute Gasteiger partial charge is 0.388 e. The standard InChI is InChI=1S/C26H29FN4O3/c1-28-22-5-3-2-4-17(22)14-30-10-8-16(9-11-30)19-12-18-15-31(26(34)20(18)13-21(19)27)23-6-7-24(32)29-25(23)33/h2-5,12-13,16,23,28H,6-11,14-15H2,1H3,(H,29,32,33). The Morgan fingerprint density at radius 2 is 1.85 bits per heavy atom. The monoisotopic (exact) mass is 464 g/mol. The van der Waals surface area contributed by atoms with Gasteiger partial charge < -0.3 is 10.2 Å². The van der Waals surface area contributed by atoms with E-state index in [0.29, 0.717) is 17.5 Å². The number of rotatable bonds is 5. The zero-order valence-corrected chi connectivity index (χ0v) is 19.3. The number of halogens is 1. The first kappa shape index (κ1) is 22.5. The van der Waals surface area contributed by atoms with Crippen LogP contribution in [0.5, 0.6) is 0 Å². The molecule has 2 aromatic rings. The van der Waals surface area contributed by atoms with Crippen molar-refractivity contribution in [3.8, 4) is 0 Å². The molecule has 0 saturated carbocycles. The molecular formula is C26H29FN4O3. The van der Waals surface area contributed by atoms with E-state index in [0.717, 1.165) is 43.7 Å². The number of piperidine rings is 2. The number of carbonyl (C=O) groups excluding carboxylic acids is 3. The third-order valence-corrected chi connectivity index (χ3v) is 7.35. The second kappa shape index (κ2) is 9.18. The maximum absolute atomic E-state index is 15.1. The normalized spacial score (nSPS) is 21.5. The number of amides is 3. The van der Waals surface area contributed by atoms with Gasteiger partial charge in [-0.1, -0.05) is 24.3 Å². The third kappa shape index (κ3) is 4.18. The summed E-state index contributed by atoms with van der Waals surface area (Å²) in [4.78, 5) is 40.5. The molecule has 0 aromatic heterocycles. The number of fused-ring (bicyclic) bond motifs is 1. The highest BCUT2D eigenvalue weighted by Crippen LogP contribution is 2.36. The van der Waals surface area contributed by atoms with Gasteiger partial charge in [-0.3, -0.25) is 24.6 Å². The van der Waals surface area contributed by atoms with Gasteiger partial charge in [0.15, 0.2) is 0 Å². The molecule has 1 unspecified atom stereocenters. The average Bonchev–Trinajstić information content (AvgIpc) is 3.14. The zero-order chi connectivity index (χ0) is 23.8. The van der Waals surface area contributed by atoms with Gasteiger partial charge in [-0.05, 0) is 67.1 Å². The van der Waals surface area contributed by atoms with E-state index >= 15 is 4.39 Å². The lowest BCUT2D eigenvalue weighted by molar-refractivity contribution is -0.136. The van der Waals surface area contributed by atoms with Crippen LogP contribution in [0, 0.1) is 5.82 Å². The topological polar surface area (TPSA) is 81.8 Å². The van der Waals surface area contributed by atoms with Crippen molar-refractivity contribution in [2.45, 2.75) is 50.7 Å².